The Morgan fingerprint density at radius 3 is 2.44 bits per heavy atom. The van der Waals surface area contributed by atoms with Crippen LogP contribution in [-0.4, -0.2) is 42.9 Å². The molecule has 0 spiro atoms. The molecule has 1 aliphatic rings. The van der Waals surface area contributed by atoms with E-state index >= 15 is 0 Å². The van der Waals surface area contributed by atoms with Crippen LogP contribution in [0, 0.1) is 6.92 Å². The molecule has 1 heterocycles. The van der Waals surface area contributed by atoms with E-state index in [0.29, 0.717) is 0 Å². The summed E-state index contributed by atoms with van der Waals surface area (Å²) < 4.78 is 5.33. The van der Waals surface area contributed by atoms with E-state index in [1.165, 1.54) is 11.1 Å². The number of aliphatic hydroxyl groups is 1. The summed E-state index contributed by atoms with van der Waals surface area (Å²) in [5.74, 6) is 0. The van der Waals surface area contributed by atoms with Crippen molar-refractivity contribution in [1.29, 1.82) is 0 Å². The first-order valence-corrected chi connectivity index (χ1v) is 5.80. The van der Waals surface area contributed by atoms with E-state index in [2.05, 4.69) is 36.1 Å². The predicted octanol–water partition coefficient (Wildman–Crippen LogP) is 1.36. The Morgan fingerprint density at radius 1 is 1.25 bits per heavy atom. The summed E-state index contributed by atoms with van der Waals surface area (Å²) >= 11 is 0. The van der Waals surface area contributed by atoms with Crippen molar-refractivity contribution in [3.63, 3.8) is 0 Å². The SMILES string of the molecule is Cc1ccc(C(CO)N2CCOCC2)cc1. The van der Waals surface area contributed by atoms with E-state index in [1.807, 2.05) is 0 Å². The van der Waals surface area contributed by atoms with Gasteiger partial charge in [-0.25, -0.2) is 0 Å². The zero-order chi connectivity index (χ0) is 11.4. The summed E-state index contributed by atoms with van der Waals surface area (Å²) in [5, 5.41) is 9.52. The van der Waals surface area contributed by atoms with E-state index in [4.69, 9.17) is 4.74 Å². The van der Waals surface area contributed by atoms with Crippen molar-refractivity contribution in [2.45, 2.75) is 13.0 Å². The van der Waals surface area contributed by atoms with Crippen molar-refractivity contribution in [1.82, 2.24) is 4.90 Å². The molecule has 0 bridgehead atoms. The number of aryl methyl sites for hydroxylation is 1. The Kier molecular flexibility index (Phi) is 3.93. The second kappa shape index (κ2) is 5.43. The van der Waals surface area contributed by atoms with Crippen LogP contribution in [0.15, 0.2) is 24.3 Å². The van der Waals surface area contributed by atoms with Crippen molar-refractivity contribution in [3.05, 3.63) is 35.4 Å². The van der Waals surface area contributed by atoms with Crippen molar-refractivity contribution in [2.75, 3.05) is 32.9 Å². The Morgan fingerprint density at radius 2 is 1.88 bits per heavy atom. The van der Waals surface area contributed by atoms with Gasteiger partial charge in [0.2, 0.25) is 0 Å². The third-order valence-electron chi connectivity index (χ3n) is 3.12. The largest absolute Gasteiger partial charge is 0.394 e. The topological polar surface area (TPSA) is 32.7 Å². The van der Waals surface area contributed by atoms with Crippen LogP contribution in [0.3, 0.4) is 0 Å². The highest BCUT2D eigenvalue weighted by Crippen LogP contribution is 2.21. The van der Waals surface area contributed by atoms with Crippen LogP contribution in [0.1, 0.15) is 17.2 Å². The standard InChI is InChI=1S/C13H19NO2/c1-11-2-4-12(5-3-11)13(10-15)14-6-8-16-9-7-14/h2-5,13,15H,6-10H2,1H3. The lowest BCUT2D eigenvalue weighted by molar-refractivity contribution is 0.00259. The van der Waals surface area contributed by atoms with Crippen LogP contribution in [0.4, 0.5) is 0 Å². The first kappa shape index (κ1) is 11.6. The number of morpholine rings is 1. The highest BCUT2D eigenvalue weighted by Gasteiger charge is 2.21. The molecule has 1 aromatic carbocycles. The lowest BCUT2D eigenvalue weighted by atomic mass is 10.0. The minimum atomic E-state index is 0.115. The van der Waals surface area contributed by atoms with Gasteiger partial charge in [0.15, 0.2) is 0 Å². The number of hydrogen-bond donors (Lipinski definition) is 1. The van der Waals surface area contributed by atoms with E-state index in [0.717, 1.165) is 26.3 Å². The minimum Gasteiger partial charge on any atom is -0.394 e. The molecule has 0 amide bonds. The van der Waals surface area contributed by atoms with Gasteiger partial charge in [-0.05, 0) is 12.5 Å². The maximum Gasteiger partial charge on any atom is 0.0628 e. The average molecular weight is 221 g/mol. The summed E-state index contributed by atoms with van der Waals surface area (Å²) in [7, 11) is 0. The fraction of sp³-hybridized carbons (Fsp3) is 0.538. The third-order valence-corrected chi connectivity index (χ3v) is 3.12. The number of aliphatic hydroxyl groups excluding tert-OH is 1. The molecule has 2 rings (SSSR count). The van der Waals surface area contributed by atoms with Crippen LogP contribution in [-0.2, 0) is 4.74 Å². The molecule has 0 radical (unpaired) electrons. The first-order valence-electron chi connectivity index (χ1n) is 5.80. The summed E-state index contributed by atoms with van der Waals surface area (Å²) in [5.41, 5.74) is 2.44. The Balaban J connectivity index is 2.11. The smallest absolute Gasteiger partial charge is 0.0628 e. The second-order valence-electron chi connectivity index (χ2n) is 4.26. The van der Waals surface area contributed by atoms with Gasteiger partial charge in [-0.3, -0.25) is 4.90 Å². The van der Waals surface area contributed by atoms with Gasteiger partial charge in [-0.1, -0.05) is 29.8 Å². The van der Waals surface area contributed by atoms with Crippen molar-refractivity contribution in [2.24, 2.45) is 0 Å². The zero-order valence-corrected chi connectivity index (χ0v) is 9.72. The molecule has 0 aromatic heterocycles. The number of hydrogen-bond acceptors (Lipinski definition) is 3. The molecule has 16 heavy (non-hydrogen) atoms. The Labute approximate surface area is 96.6 Å². The van der Waals surface area contributed by atoms with Crippen LogP contribution in [0.5, 0.6) is 0 Å². The van der Waals surface area contributed by atoms with Gasteiger partial charge in [-0.2, -0.15) is 0 Å². The average Bonchev–Trinajstić information content (AvgIpc) is 2.34. The van der Waals surface area contributed by atoms with E-state index < -0.39 is 0 Å². The molecule has 1 saturated heterocycles. The van der Waals surface area contributed by atoms with Gasteiger partial charge in [-0.15, -0.1) is 0 Å². The fourth-order valence-electron chi connectivity index (χ4n) is 2.11. The Hall–Kier alpha value is -0.900. The Bertz CT molecular complexity index is 317. The van der Waals surface area contributed by atoms with E-state index in [1.54, 1.807) is 0 Å². The third kappa shape index (κ3) is 2.61. The van der Waals surface area contributed by atoms with Gasteiger partial charge in [0.1, 0.15) is 0 Å². The maximum atomic E-state index is 9.52. The molecule has 0 saturated carbocycles. The number of benzene rings is 1. The normalized spacial score (nSPS) is 19.6. The van der Waals surface area contributed by atoms with Crippen molar-refractivity contribution in [3.8, 4) is 0 Å². The highest BCUT2D eigenvalue weighted by atomic mass is 16.5. The fourth-order valence-corrected chi connectivity index (χ4v) is 2.11. The van der Waals surface area contributed by atoms with Crippen LogP contribution in [0.25, 0.3) is 0 Å². The molecular formula is C13H19NO2. The van der Waals surface area contributed by atoms with Crippen LogP contribution < -0.4 is 0 Å². The predicted molar refractivity (Wildman–Crippen MR) is 63.4 cm³/mol. The molecule has 3 heteroatoms. The molecule has 1 fully saturated rings. The number of nitrogens with zero attached hydrogens (tertiary/aromatic N) is 1. The minimum absolute atomic E-state index is 0.115. The molecule has 0 aliphatic carbocycles. The highest BCUT2D eigenvalue weighted by molar-refractivity contribution is 5.24. The van der Waals surface area contributed by atoms with Gasteiger partial charge in [0.05, 0.1) is 25.9 Å². The van der Waals surface area contributed by atoms with Crippen molar-refractivity contribution >= 4 is 0 Å². The van der Waals surface area contributed by atoms with Gasteiger partial charge < -0.3 is 9.84 Å². The molecule has 3 nitrogen and oxygen atoms in total. The van der Waals surface area contributed by atoms with Crippen LogP contribution in [0.2, 0.25) is 0 Å². The van der Waals surface area contributed by atoms with Gasteiger partial charge in [0.25, 0.3) is 0 Å². The van der Waals surface area contributed by atoms with E-state index in [9.17, 15) is 5.11 Å². The number of rotatable bonds is 3. The summed E-state index contributed by atoms with van der Waals surface area (Å²) in [6, 6.07) is 8.51. The molecular weight excluding hydrogens is 202 g/mol. The lowest BCUT2D eigenvalue weighted by Crippen LogP contribution is -2.40. The van der Waals surface area contributed by atoms with Crippen LogP contribution >= 0.6 is 0 Å². The lowest BCUT2D eigenvalue weighted by Gasteiger charge is -2.33. The maximum absolute atomic E-state index is 9.52. The molecule has 1 aliphatic heterocycles. The van der Waals surface area contributed by atoms with Crippen molar-refractivity contribution < 1.29 is 9.84 Å². The number of ether oxygens (including phenoxy) is 1. The molecule has 1 atom stereocenters. The molecule has 1 aromatic rings. The van der Waals surface area contributed by atoms with Gasteiger partial charge >= 0.3 is 0 Å². The summed E-state index contributed by atoms with van der Waals surface area (Å²) in [4.78, 5) is 2.29. The van der Waals surface area contributed by atoms with E-state index in [-0.39, 0.29) is 12.6 Å². The summed E-state index contributed by atoms with van der Waals surface area (Å²) in [6.45, 7) is 5.58. The zero-order valence-electron chi connectivity index (χ0n) is 9.72. The summed E-state index contributed by atoms with van der Waals surface area (Å²) in [6.07, 6.45) is 0. The monoisotopic (exact) mass is 221 g/mol. The quantitative estimate of drug-likeness (QED) is 0.836. The first-order chi connectivity index (χ1) is 7.81. The molecule has 1 unspecified atom stereocenters. The second-order valence-corrected chi connectivity index (χ2v) is 4.26. The molecule has 1 N–H and O–H groups in total. The van der Waals surface area contributed by atoms with Gasteiger partial charge in [0, 0.05) is 13.1 Å². The molecule has 88 valence electrons.